The maximum absolute atomic E-state index is 11.3. The molecule has 0 bridgehead atoms. The normalized spacial score (nSPS) is 13.1. The molecule has 1 aromatic rings. The zero-order valence-electron chi connectivity index (χ0n) is 10.7. The van der Waals surface area contributed by atoms with Crippen LogP contribution in [0.1, 0.15) is 38.7 Å². The van der Waals surface area contributed by atoms with E-state index in [1.54, 1.807) is 12.1 Å². The average Bonchev–Trinajstić information content (AvgIpc) is 2.26. The van der Waals surface area contributed by atoms with Gasteiger partial charge in [0.1, 0.15) is 11.5 Å². The van der Waals surface area contributed by atoms with Gasteiger partial charge in [0.05, 0.1) is 5.92 Å². The molecule has 0 saturated carbocycles. The molecule has 0 fully saturated rings. The summed E-state index contributed by atoms with van der Waals surface area (Å²) >= 11 is 0. The first-order valence-electron chi connectivity index (χ1n) is 5.68. The highest BCUT2D eigenvalue weighted by atomic mass is 16.6. The lowest BCUT2D eigenvalue weighted by molar-refractivity contribution is -0.565. The van der Waals surface area contributed by atoms with Crippen LogP contribution in [0.2, 0.25) is 0 Å². The van der Waals surface area contributed by atoms with Crippen LogP contribution in [0.15, 0.2) is 24.3 Å². The van der Waals surface area contributed by atoms with Crippen LogP contribution in [0.3, 0.4) is 0 Å². The number of phenols is 1. The van der Waals surface area contributed by atoms with Gasteiger partial charge in [0.15, 0.2) is 0 Å². The smallest absolute Gasteiger partial charge is 0.223 e. The van der Waals surface area contributed by atoms with Crippen molar-refractivity contribution in [3.63, 3.8) is 0 Å². The standard InChI is InChI=1S/C13H17NO4/c1-9(15)8-12(13(2,3)14(17)18)10-4-6-11(16)7-5-10/h4-7,12,16H,8H2,1-3H3/t12-/m0/s1. The van der Waals surface area contributed by atoms with Crippen molar-refractivity contribution in [1.29, 1.82) is 0 Å². The van der Waals surface area contributed by atoms with Gasteiger partial charge in [0.25, 0.3) is 0 Å². The summed E-state index contributed by atoms with van der Waals surface area (Å²) in [5.74, 6) is -0.507. The predicted octanol–water partition coefficient (Wildman–Crippen LogP) is 2.51. The number of hydrogen-bond acceptors (Lipinski definition) is 4. The number of carbonyl (C=O) groups is 1. The van der Waals surface area contributed by atoms with E-state index in [9.17, 15) is 20.0 Å². The number of aromatic hydroxyl groups is 1. The number of hydrogen-bond donors (Lipinski definition) is 1. The highest BCUT2D eigenvalue weighted by Gasteiger charge is 2.42. The Hall–Kier alpha value is -1.91. The Morgan fingerprint density at radius 2 is 1.89 bits per heavy atom. The number of phenolic OH excluding ortho intramolecular Hbond substituents is 1. The molecule has 5 heteroatoms. The summed E-state index contributed by atoms with van der Waals surface area (Å²) in [5, 5.41) is 20.4. The molecule has 1 rings (SSSR count). The molecule has 0 aliphatic heterocycles. The summed E-state index contributed by atoms with van der Waals surface area (Å²) in [4.78, 5) is 22.1. The Bertz CT molecular complexity index is 451. The van der Waals surface area contributed by atoms with E-state index in [-0.39, 0.29) is 22.9 Å². The highest BCUT2D eigenvalue weighted by molar-refractivity contribution is 5.76. The minimum absolute atomic E-state index is 0.0944. The van der Waals surface area contributed by atoms with Gasteiger partial charge in [-0.05, 0) is 24.6 Å². The van der Waals surface area contributed by atoms with Crippen molar-refractivity contribution in [1.82, 2.24) is 0 Å². The minimum Gasteiger partial charge on any atom is -0.508 e. The molecule has 0 aliphatic carbocycles. The molecule has 5 nitrogen and oxygen atoms in total. The zero-order valence-corrected chi connectivity index (χ0v) is 10.7. The molecule has 1 aromatic carbocycles. The third-order valence-electron chi connectivity index (χ3n) is 3.11. The molecule has 0 spiro atoms. The van der Waals surface area contributed by atoms with Crippen LogP contribution in [-0.4, -0.2) is 21.4 Å². The molecule has 1 N–H and O–H groups in total. The first kappa shape index (κ1) is 14.2. The molecule has 0 aromatic heterocycles. The SMILES string of the molecule is CC(=O)C[C@@H](c1ccc(O)cc1)C(C)(C)[N+](=O)[O-]. The van der Waals surface area contributed by atoms with Gasteiger partial charge in [0, 0.05) is 25.2 Å². The molecular formula is C13H17NO4. The van der Waals surface area contributed by atoms with Crippen molar-refractivity contribution in [3.8, 4) is 5.75 Å². The maximum Gasteiger partial charge on any atom is 0.223 e. The van der Waals surface area contributed by atoms with E-state index < -0.39 is 11.5 Å². The Kier molecular flexibility index (Phi) is 4.06. The van der Waals surface area contributed by atoms with Crippen LogP contribution in [-0.2, 0) is 4.79 Å². The Morgan fingerprint density at radius 1 is 1.39 bits per heavy atom. The van der Waals surface area contributed by atoms with Gasteiger partial charge in [-0.1, -0.05) is 12.1 Å². The van der Waals surface area contributed by atoms with Crippen molar-refractivity contribution < 1.29 is 14.8 Å². The summed E-state index contributed by atoms with van der Waals surface area (Å²) in [7, 11) is 0. The second-order valence-electron chi connectivity index (χ2n) is 4.96. The lowest BCUT2D eigenvalue weighted by Gasteiger charge is -2.26. The lowest BCUT2D eigenvalue weighted by atomic mass is 9.79. The first-order chi connectivity index (χ1) is 8.25. The van der Waals surface area contributed by atoms with Crippen molar-refractivity contribution in [2.45, 2.75) is 38.6 Å². The summed E-state index contributed by atoms with van der Waals surface area (Å²) in [6.07, 6.45) is 0.110. The number of benzene rings is 1. The molecule has 0 aliphatic rings. The van der Waals surface area contributed by atoms with Crippen molar-refractivity contribution in [2.75, 3.05) is 0 Å². The van der Waals surface area contributed by atoms with Gasteiger partial charge in [0.2, 0.25) is 5.54 Å². The number of Topliss-reactive ketones (excluding diaryl/α,β-unsaturated/α-hetero) is 1. The van der Waals surface area contributed by atoms with E-state index in [1.807, 2.05) is 0 Å². The van der Waals surface area contributed by atoms with Gasteiger partial charge < -0.3 is 9.90 Å². The fourth-order valence-electron chi connectivity index (χ4n) is 1.90. The summed E-state index contributed by atoms with van der Waals surface area (Å²) in [5.41, 5.74) is -0.549. The third kappa shape index (κ3) is 3.06. The van der Waals surface area contributed by atoms with E-state index in [1.165, 1.54) is 32.9 Å². The van der Waals surface area contributed by atoms with Crippen LogP contribution >= 0.6 is 0 Å². The monoisotopic (exact) mass is 251 g/mol. The summed E-state index contributed by atoms with van der Waals surface area (Å²) < 4.78 is 0. The second-order valence-corrected chi connectivity index (χ2v) is 4.96. The van der Waals surface area contributed by atoms with Crippen LogP contribution < -0.4 is 0 Å². The van der Waals surface area contributed by atoms with E-state index in [0.29, 0.717) is 5.56 Å². The van der Waals surface area contributed by atoms with Gasteiger partial charge in [-0.2, -0.15) is 0 Å². The fourth-order valence-corrected chi connectivity index (χ4v) is 1.90. The minimum atomic E-state index is -1.23. The lowest BCUT2D eigenvalue weighted by Crippen LogP contribution is -2.39. The van der Waals surface area contributed by atoms with E-state index in [4.69, 9.17) is 0 Å². The van der Waals surface area contributed by atoms with Crippen molar-refractivity contribution in [3.05, 3.63) is 39.9 Å². The first-order valence-corrected chi connectivity index (χ1v) is 5.68. The zero-order chi connectivity index (χ0) is 13.9. The van der Waals surface area contributed by atoms with Crippen molar-refractivity contribution >= 4 is 5.78 Å². The molecule has 18 heavy (non-hydrogen) atoms. The summed E-state index contributed by atoms with van der Waals surface area (Å²) in [6, 6.07) is 6.18. The molecule has 0 unspecified atom stereocenters. The number of nitrogens with zero attached hydrogens (tertiary/aromatic N) is 1. The van der Waals surface area contributed by atoms with Gasteiger partial charge >= 0.3 is 0 Å². The Morgan fingerprint density at radius 3 is 2.28 bits per heavy atom. The number of ketones is 1. The number of nitro groups is 1. The molecule has 0 heterocycles. The van der Waals surface area contributed by atoms with E-state index in [0.717, 1.165) is 0 Å². The second kappa shape index (κ2) is 5.16. The maximum atomic E-state index is 11.3. The van der Waals surface area contributed by atoms with E-state index in [2.05, 4.69) is 0 Å². The molecule has 0 radical (unpaired) electrons. The van der Waals surface area contributed by atoms with Gasteiger partial charge in [-0.15, -0.1) is 0 Å². The molecule has 0 saturated heterocycles. The van der Waals surface area contributed by atoms with Crippen molar-refractivity contribution in [2.24, 2.45) is 0 Å². The Labute approximate surface area is 106 Å². The van der Waals surface area contributed by atoms with Crippen LogP contribution in [0.5, 0.6) is 5.75 Å². The third-order valence-corrected chi connectivity index (χ3v) is 3.11. The molecule has 1 atom stereocenters. The predicted molar refractivity (Wildman–Crippen MR) is 67.2 cm³/mol. The van der Waals surface area contributed by atoms with Gasteiger partial charge in [-0.3, -0.25) is 10.1 Å². The van der Waals surface area contributed by atoms with Crippen LogP contribution in [0.25, 0.3) is 0 Å². The van der Waals surface area contributed by atoms with Crippen LogP contribution in [0, 0.1) is 10.1 Å². The quantitative estimate of drug-likeness (QED) is 0.644. The van der Waals surface area contributed by atoms with Crippen LogP contribution in [0.4, 0.5) is 0 Å². The topological polar surface area (TPSA) is 80.4 Å². The largest absolute Gasteiger partial charge is 0.508 e. The summed E-state index contributed by atoms with van der Waals surface area (Å²) in [6.45, 7) is 4.43. The molecule has 98 valence electrons. The average molecular weight is 251 g/mol. The number of rotatable bonds is 5. The number of carbonyl (C=O) groups excluding carboxylic acids is 1. The highest BCUT2D eigenvalue weighted by Crippen LogP contribution is 2.34. The Balaban J connectivity index is 3.17. The molecule has 0 amide bonds. The molecular weight excluding hydrogens is 234 g/mol. The van der Waals surface area contributed by atoms with Gasteiger partial charge in [-0.25, -0.2) is 0 Å². The van der Waals surface area contributed by atoms with E-state index >= 15 is 0 Å². The fraction of sp³-hybridized carbons (Fsp3) is 0.462.